The number of aliphatic hydroxyl groups excluding tert-OH is 1. The van der Waals surface area contributed by atoms with Crippen LogP contribution in [0.3, 0.4) is 0 Å². The maximum Gasteiger partial charge on any atom is 0.126 e. The molecule has 1 aliphatic rings. The number of hydrogen-bond acceptors (Lipinski definition) is 2. The summed E-state index contributed by atoms with van der Waals surface area (Å²) < 4.78 is 18.3. The van der Waals surface area contributed by atoms with E-state index in [9.17, 15) is 9.50 Å². The van der Waals surface area contributed by atoms with E-state index in [2.05, 4.69) is 0 Å². The van der Waals surface area contributed by atoms with Crippen LogP contribution in [0.4, 0.5) is 4.39 Å². The average Bonchev–Trinajstić information content (AvgIpc) is 2.99. The molecule has 0 aromatic heterocycles. The van der Waals surface area contributed by atoms with E-state index in [0.29, 0.717) is 12.4 Å². The van der Waals surface area contributed by atoms with E-state index in [1.807, 2.05) is 6.92 Å². The van der Waals surface area contributed by atoms with Gasteiger partial charge in [-0.3, -0.25) is 0 Å². The first-order valence-corrected chi connectivity index (χ1v) is 5.69. The second-order valence-corrected chi connectivity index (χ2v) is 4.59. The van der Waals surface area contributed by atoms with Crippen molar-refractivity contribution in [3.8, 4) is 5.75 Å². The van der Waals surface area contributed by atoms with E-state index in [0.717, 1.165) is 19.3 Å². The van der Waals surface area contributed by atoms with Crippen LogP contribution in [-0.4, -0.2) is 17.8 Å². The highest BCUT2D eigenvalue weighted by atomic mass is 19.1. The molecule has 1 unspecified atom stereocenters. The third-order valence-corrected chi connectivity index (χ3v) is 3.44. The van der Waals surface area contributed by atoms with Gasteiger partial charge in [0.2, 0.25) is 0 Å². The van der Waals surface area contributed by atoms with E-state index >= 15 is 0 Å². The van der Waals surface area contributed by atoms with E-state index in [-0.39, 0.29) is 17.3 Å². The minimum Gasteiger partial charge on any atom is -0.493 e. The van der Waals surface area contributed by atoms with Gasteiger partial charge in [-0.05, 0) is 43.7 Å². The lowest BCUT2D eigenvalue weighted by Gasteiger charge is -2.18. The first-order valence-electron chi connectivity index (χ1n) is 5.69. The zero-order valence-electron chi connectivity index (χ0n) is 9.45. The number of rotatable bonds is 5. The number of benzene rings is 1. The lowest BCUT2D eigenvalue weighted by Crippen LogP contribution is -2.20. The quantitative estimate of drug-likeness (QED) is 0.833. The molecule has 0 amide bonds. The summed E-state index contributed by atoms with van der Waals surface area (Å²) in [5.41, 5.74) is 0.0628. The Labute approximate surface area is 95.1 Å². The highest BCUT2D eigenvalue weighted by molar-refractivity contribution is 5.22. The maximum atomic E-state index is 12.8. The van der Waals surface area contributed by atoms with Crippen molar-refractivity contribution in [2.75, 3.05) is 6.61 Å². The third-order valence-electron chi connectivity index (χ3n) is 3.44. The Morgan fingerprint density at radius 2 is 2.25 bits per heavy atom. The summed E-state index contributed by atoms with van der Waals surface area (Å²) in [6, 6.07) is 6.14. The van der Waals surface area contributed by atoms with Crippen molar-refractivity contribution in [3.05, 3.63) is 30.1 Å². The largest absolute Gasteiger partial charge is 0.493 e. The van der Waals surface area contributed by atoms with Gasteiger partial charge >= 0.3 is 0 Å². The second kappa shape index (κ2) is 4.42. The Morgan fingerprint density at radius 3 is 2.81 bits per heavy atom. The highest BCUT2D eigenvalue weighted by Crippen LogP contribution is 2.51. The molecular weight excluding hydrogens is 207 g/mol. The number of ether oxygens (including phenoxy) is 1. The standard InChI is InChI=1S/C13H17FO2/c1-10(15)13(5-6-13)7-8-16-12-4-2-3-11(14)9-12/h2-4,9-10,15H,5-8H2,1H3. The molecule has 2 nitrogen and oxygen atoms in total. The van der Waals surface area contributed by atoms with Gasteiger partial charge in [-0.15, -0.1) is 0 Å². The van der Waals surface area contributed by atoms with Crippen molar-refractivity contribution >= 4 is 0 Å². The Kier molecular flexibility index (Phi) is 3.15. The zero-order valence-corrected chi connectivity index (χ0v) is 9.45. The molecule has 1 saturated carbocycles. The van der Waals surface area contributed by atoms with Crippen LogP contribution in [-0.2, 0) is 0 Å². The molecule has 1 fully saturated rings. The summed E-state index contributed by atoms with van der Waals surface area (Å²) in [6.07, 6.45) is 2.69. The van der Waals surface area contributed by atoms with Crippen molar-refractivity contribution in [1.82, 2.24) is 0 Å². The van der Waals surface area contributed by atoms with Gasteiger partial charge in [-0.25, -0.2) is 4.39 Å². The minimum atomic E-state index is -0.283. The van der Waals surface area contributed by atoms with Gasteiger partial charge in [0.1, 0.15) is 11.6 Å². The first-order chi connectivity index (χ1) is 7.62. The molecular formula is C13H17FO2. The molecule has 2 rings (SSSR count). The van der Waals surface area contributed by atoms with Gasteiger partial charge in [-0.2, -0.15) is 0 Å². The summed E-state index contributed by atoms with van der Waals surface area (Å²) in [6.45, 7) is 2.36. The van der Waals surface area contributed by atoms with Crippen LogP contribution in [0.1, 0.15) is 26.2 Å². The van der Waals surface area contributed by atoms with Crippen molar-refractivity contribution in [2.45, 2.75) is 32.3 Å². The molecule has 0 radical (unpaired) electrons. The monoisotopic (exact) mass is 224 g/mol. The Morgan fingerprint density at radius 1 is 1.50 bits per heavy atom. The Balaban J connectivity index is 1.80. The van der Waals surface area contributed by atoms with Gasteiger partial charge in [0.15, 0.2) is 0 Å². The minimum absolute atomic E-state index is 0.0628. The lowest BCUT2D eigenvalue weighted by molar-refractivity contribution is 0.0925. The van der Waals surface area contributed by atoms with Crippen LogP contribution < -0.4 is 4.74 Å². The van der Waals surface area contributed by atoms with Gasteiger partial charge in [0, 0.05) is 6.07 Å². The first kappa shape index (κ1) is 11.4. The van der Waals surface area contributed by atoms with Gasteiger partial charge in [0.05, 0.1) is 12.7 Å². The molecule has 3 heteroatoms. The third kappa shape index (κ3) is 2.53. The van der Waals surface area contributed by atoms with Crippen LogP contribution in [0.5, 0.6) is 5.75 Å². The van der Waals surface area contributed by atoms with Crippen LogP contribution in [0.2, 0.25) is 0 Å². The molecule has 1 N–H and O–H groups in total. The molecule has 0 aliphatic heterocycles. The normalized spacial score (nSPS) is 19.2. The predicted molar refractivity (Wildman–Crippen MR) is 59.9 cm³/mol. The fourth-order valence-corrected chi connectivity index (χ4v) is 1.97. The molecule has 1 aliphatic carbocycles. The van der Waals surface area contributed by atoms with Gasteiger partial charge in [0.25, 0.3) is 0 Å². The second-order valence-electron chi connectivity index (χ2n) is 4.59. The lowest BCUT2D eigenvalue weighted by atomic mass is 9.97. The van der Waals surface area contributed by atoms with Crippen LogP contribution in [0.15, 0.2) is 24.3 Å². The smallest absolute Gasteiger partial charge is 0.126 e. The topological polar surface area (TPSA) is 29.5 Å². The van der Waals surface area contributed by atoms with Crippen molar-refractivity contribution < 1.29 is 14.2 Å². The van der Waals surface area contributed by atoms with Crippen molar-refractivity contribution in [2.24, 2.45) is 5.41 Å². The van der Waals surface area contributed by atoms with E-state index in [1.54, 1.807) is 12.1 Å². The molecule has 0 saturated heterocycles. The fourth-order valence-electron chi connectivity index (χ4n) is 1.97. The predicted octanol–water partition coefficient (Wildman–Crippen LogP) is 2.76. The molecule has 0 heterocycles. The molecule has 1 atom stereocenters. The number of halogens is 1. The van der Waals surface area contributed by atoms with E-state index in [1.165, 1.54) is 12.1 Å². The van der Waals surface area contributed by atoms with Crippen LogP contribution >= 0.6 is 0 Å². The Bertz CT molecular complexity index is 359. The summed E-state index contributed by atoms with van der Waals surface area (Å²) in [5, 5.41) is 9.57. The van der Waals surface area contributed by atoms with Gasteiger partial charge in [-0.1, -0.05) is 6.07 Å². The fraction of sp³-hybridized carbons (Fsp3) is 0.538. The number of hydrogen-bond donors (Lipinski definition) is 1. The Hall–Kier alpha value is -1.09. The van der Waals surface area contributed by atoms with Crippen molar-refractivity contribution in [3.63, 3.8) is 0 Å². The molecule has 0 spiro atoms. The molecule has 1 aromatic carbocycles. The summed E-state index contributed by atoms with van der Waals surface area (Å²) in [4.78, 5) is 0. The summed E-state index contributed by atoms with van der Waals surface area (Å²) >= 11 is 0. The maximum absolute atomic E-state index is 12.8. The summed E-state index contributed by atoms with van der Waals surface area (Å²) in [5.74, 6) is 0.274. The van der Waals surface area contributed by atoms with Crippen LogP contribution in [0.25, 0.3) is 0 Å². The molecule has 88 valence electrons. The highest BCUT2D eigenvalue weighted by Gasteiger charge is 2.46. The van der Waals surface area contributed by atoms with Gasteiger partial charge < -0.3 is 9.84 Å². The van der Waals surface area contributed by atoms with Crippen LogP contribution in [0, 0.1) is 11.2 Å². The molecule has 16 heavy (non-hydrogen) atoms. The van der Waals surface area contributed by atoms with E-state index in [4.69, 9.17) is 4.74 Å². The molecule has 0 bridgehead atoms. The summed E-state index contributed by atoms with van der Waals surface area (Å²) in [7, 11) is 0. The SMILES string of the molecule is CC(O)C1(CCOc2cccc(F)c2)CC1. The zero-order chi connectivity index (χ0) is 11.6. The number of aliphatic hydroxyl groups is 1. The van der Waals surface area contributed by atoms with E-state index < -0.39 is 0 Å². The average molecular weight is 224 g/mol. The molecule has 1 aromatic rings. The van der Waals surface area contributed by atoms with Crippen molar-refractivity contribution in [1.29, 1.82) is 0 Å².